The van der Waals surface area contributed by atoms with Crippen LogP contribution in [0.25, 0.3) is 0 Å². The molecular formula is C17H23NO. The molecule has 1 fully saturated rings. The maximum Gasteiger partial charge on any atom is 0.134 e. The highest BCUT2D eigenvalue weighted by Crippen LogP contribution is 2.38. The minimum Gasteiger partial charge on any atom is -0.300 e. The fourth-order valence-corrected chi connectivity index (χ4v) is 2.55. The molecule has 2 rings (SSSR count). The number of rotatable bonds is 1. The zero-order chi connectivity index (χ0) is 14.5. The molecule has 1 unspecified atom stereocenters. The molecule has 19 heavy (non-hydrogen) atoms. The van der Waals surface area contributed by atoms with E-state index in [9.17, 15) is 10.1 Å². The monoisotopic (exact) mass is 257 g/mol. The highest BCUT2D eigenvalue weighted by atomic mass is 16.1. The van der Waals surface area contributed by atoms with Gasteiger partial charge in [0.15, 0.2) is 0 Å². The fraction of sp³-hybridized carbons (Fsp3) is 0.529. The van der Waals surface area contributed by atoms with Crippen molar-refractivity contribution in [3.05, 3.63) is 34.9 Å². The first-order valence-electron chi connectivity index (χ1n) is 7.08. The van der Waals surface area contributed by atoms with Crippen molar-refractivity contribution in [1.29, 1.82) is 5.26 Å². The van der Waals surface area contributed by atoms with Crippen LogP contribution in [0.1, 0.15) is 56.2 Å². The second-order valence-electron chi connectivity index (χ2n) is 5.06. The van der Waals surface area contributed by atoms with Gasteiger partial charge in [0.05, 0.1) is 11.5 Å². The van der Waals surface area contributed by atoms with Crippen LogP contribution in [-0.4, -0.2) is 5.78 Å². The van der Waals surface area contributed by atoms with E-state index < -0.39 is 5.41 Å². The number of aryl methyl sites for hydroxylation is 2. The van der Waals surface area contributed by atoms with Crippen molar-refractivity contribution in [1.82, 2.24) is 0 Å². The molecule has 2 nitrogen and oxygen atoms in total. The van der Waals surface area contributed by atoms with Crippen molar-refractivity contribution in [2.24, 2.45) is 0 Å². The Morgan fingerprint density at radius 2 is 1.89 bits per heavy atom. The van der Waals surface area contributed by atoms with Gasteiger partial charge in [0, 0.05) is 12.8 Å². The van der Waals surface area contributed by atoms with Crippen molar-refractivity contribution >= 4 is 5.78 Å². The Kier molecular flexibility index (Phi) is 5.30. The summed E-state index contributed by atoms with van der Waals surface area (Å²) in [5, 5.41) is 9.47. The van der Waals surface area contributed by atoms with Gasteiger partial charge in [-0.2, -0.15) is 5.26 Å². The summed E-state index contributed by atoms with van der Waals surface area (Å²) >= 11 is 0. The number of hydrogen-bond acceptors (Lipinski definition) is 2. The second-order valence-corrected chi connectivity index (χ2v) is 5.06. The summed E-state index contributed by atoms with van der Waals surface area (Å²) in [6.07, 6.45) is 2.65. The molecule has 0 spiro atoms. The number of hydrogen-bond donors (Lipinski definition) is 0. The molecule has 102 valence electrons. The van der Waals surface area contributed by atoms with Gasteiger partial charge in [0.25, 0.3) is 0 Å². The molecule has 1 saturated carbocycles. The Bertz CT molecular complexity index is 498. The van der Waals surface area contributed by atoms with Gasteiger partial charge in [0.1, 0.15) is 5.78 Å². The lowest BCUT2D eigenvalue weighted by Crippen LogP contribution is -2.31. The average Bonchev–Trinajstić information content (AvgIpc) is 2.44. The summed E-state index contributed by atoms with van der Waals surface area (Å²) in [5.74, 6) is 0.219. The van der Waals surface area contributed by atoms with E-state index in [0.29, 0.717) is 12.8 Å². The summed E-state index contributed by atoms with van der Waals surface area (Å²) in [6.45, 7) is 8.11. The van der Waals surface area contributed by atoms with E-state index in [1.165, 1.54) is 11.1 Å². The largest absolute Gasteiger partial charge is 0.300 e. The molecule has 0 amide bonds. The van der Waals surface area contributed by atoms with Gasteiger partial charge in [-0.25, -0.2) is 0 Å². The highest BCUT2D eigenvalue weighted by molar-refractivity contribution is 5.81. The Morgan fingerprint density at radius 3 is 2.42 bits per heavy atom. The van der Waals surface area contributed by atoms with E-state index in [0.717, 1.165) is 18.4 Å². The van der Waals surface area contributed by atoms with Gasteiger partial charge in [-0.15, -0.1) is 0 Å². The van der Waals surface area contributed by atoms with Crippen molar-refractivity contribution in [3.63, 3.8) is 0 Å². The molecule has 2 heteroatoms. The average molecular weight is 257 g/mol. The summed E-state index contributed by atoms with van der Waals surface area (Å²) in [5.41, 5.74) is 2.85. The molecule has 0 aliphatic heterocycles. The molecule has 0 heterocycles. The lowest BCUT2D eigenvalue weighted by Gasteiger charge is -2.30. The third-order valence-electron chi connectivity index (χ3n) is 3.83. The number of nitriles is 1. The molecule has 1 aliphatic rings. The van der Waals surface area contributed by atoms with Crippen LogP contribution in [0.4, 0.5) is 0 Å². The Labute approximate surface area is 116 Å². The van der Waals surface area contributed by atoms with Gasteiger partial charge in [-0.05, 0) is 43.4 Å². The molecule has 1 aromatic carbocycles. The first-order valence-corrected chi connectivity index (χ1v) is 7.08. The SMILES string of the molecule is CC.Cc1ccc(C2(C#N)CCCC(=O)C2)cc1C. The number of benzene rings is 1. The van der Waals surface area contributed by atoms with Gasteiger partial charge in [0.2, 0.25) is 0 Å². The predicted octanol–water partition coefficient (Wildman–Crippen LogP) is 4.23. The minimum atomic E-state index is -0.576. The van der Waals surface area contributed by atoms with E-state index >= 15 is 0 Å². The Morgan fingerprint density at radius 1 is 1.21 bits per heavy atom. The van der Waals surface area contributed by atoms with Crippen LogP contribution in [0.2, 0.25) is 0 Å². The zero-order valence-electron chi connectivity index (χ0n) is 12.4. The Hall–Kier alpha value is -1.62. The van der Waals surface area contributed by atoms with Gasteiger partial charge in [-0.3, -0.25) is 4.79 Å². The van der Waals surface area contributed by atoms with Crippen LogP contribution in [-0.2, 0) is 10.2 Å². The molecule has 1 atom stereocenters. The van der Waals surface area contributed by atoms with Crippen LogP contribution in [0.15, 0.2) is 18.2 Å². The van der Waals surface area contributed by atoms with Crippen LogP contribution >= 0.6 is 0 Å². The van der Waals surface area contributed by atoms with Gasteiger partial charge < -0.3 is 0 Å². The van der Waals surface area contributed by atoms with E-state index in [2.05, 4.69) is 26.0 Å². The third kappa shape index (κ3) is 3.23. The van der Waals surface area contributed by atoms with Crippen molar-refractivity contribution in [2.45, 2.75) is 58.8 Å². The summed E-state index contributed by atoms with van der Waals surface area (Å²) in [7, 11) is 0. The van der Waals surface area contributed by atoms with Crippen LogP contribution in [0, 0.1) is 25.2 Å². The third-order valence-corrected chi connectivity index (χ3v) is 3.83. The second kappa shape index (κ2) is 6.52. The first kappa shape index (κ1) is 15.4. The standard InChI is InChI=1S/C15H17NO.C2H6/c1-11-5-6-13(8-12(11)2)15(10-16)7-3-4-14(17)9-15;1-2/h5-6,8H,3-4,7,9H2,1-2H3;1-2H3. The molecule has 0 saturated heterocycles. The molecule has 1 aromatic rings. The van der Waals surface area contributed by atoms with Gasteiger partial charge in [-0.1, -0.05) is 32.0 Å². The van der Waals surface area contributed by atoms with E-state index in [1.807, 2.05) is 26.0 Å². The maximum absolute atomic E-state index is 11.6. The lowest BCUT2D eigenvalue weighted by molar-refractivity contribution is -0.121. The van der Waals surface area contributed by atoms with Gasteiger partial charge >= 0.3 is 0 Å². The number of ketones is 1. The first-order chi connectivity index (χ1) is 9.07. The number of carbonyl (C=O) groups is 1. The normalized spacial score (nSPS) is 22.2. The fourth-order valence-electron chi connectivity index (χ4n) is 2.55. The lowest BCUT2D eigenvalue weighted by atomic mass is 9.69. The van der Waals surface area contributed by atoms with E-state index in [-0.39, 0.29) is 5.78 Å². The number of carbonyl (C=O) groups excluding carboxylic acids is 1. The Balaban J connectivity index is 0.000000861. The van der Waals surface area contributed by atoms with E-state index in [1.54, 1.807) is 0 Å². The van der Waals surface area contributed by atoms with Crippen LogP contribution < -0.4 is 0 Å². The van der Waals surface area contributed by atoms with Crippen LogP contribution in [0.5, 0.6) is 0 Å². The zero-order valence-corrected chi connectivity index (χ0v) is 12.4. The smallest absolute Gasteiger partial charge is 0.134 e. The molecule has 0 bridgehead atoms. The minimum absolute atomic E-state index is 0.219. The highest BCUT2D eigenvalue weighted by Gasteiger charge is 2.37. The molecular weight excluding hydrogens is 234 g/mol. The van der Waals surface area contributed by atoms with Crippen molar-refractivity contribution in [2.75, 3.05) is 0 Å². The predicted molar refractivity (Wildman–Crippen MR) is 78.0 cm³/mol. The van der Waals surface area contributed by atoms with E-state index in [4.69, 9.17) is 0 Å². The van der Waals surface area contributed by atoms with Crippen molar-refractivity contribution < 1.29 is 4.79 Å². The number of nitrogens with zero attached hydrogens (tertiary/aromatic N) is 1. The molecule has 0 radical (unpaired) electrons. The summed E-state index contributed by atoms with van der Waals surface area (Å²) in [6, 6.07) is 8.51. The quantitative estimate of drug-likeness (QED) is 0.755. The molecule has 0 N–H and O–H groups in total. The molecule has 0 aromatic heterocycles. The van der Waals surface area contributed by atoms with Crippen molar-refractivity contribution in [3.8, 4) is 6.07 Å². The maximum atomic E-state index is 11.6. The molecule has 1 aliphatic carbocycles. The topological polar surface area (TPSA) is 40.9 Å². The number of Topliss-reactive ketones (excluding diaryl/α,β-unsaturated/α-hetero) is 1. The summed E-state index contributed by atoms with van der Waals surface area (Å²) < 4.78 is 0. The van der Waals surface area contributed by atoms with Crippen LogP contribution in [0.3, 0.4) is 0 Å². The summed E-state index contributed by atoms with van der Waals surface area (Å²) in [4.78, 5) is 11.6.